The second-order valence-electron chi connectivity index (χ2n) is 10.4. The highest BCUT2D eigenvalue weighted by Crippen LogP contribution is 2.25. The van der Waals surface area contributed by atoms with Crippen LogP contribution in [0.1, 0.15) is 37.8 Å². The Hall–Kier alpha value is -2.91. The summed E-state index contributed by atoms with van der Waals surface area (Å²) in [6.07, 6.45) is 0.657. The van der Waals surface area contributed by atoms with E-state index in [-0.39, 0.29) is 48.6 Å². The summed E-state index contributed by atoms with van der Waals surface area (Å²) in [5, 5.41) is 3.74. The maximum absolute atomic E-state index is 13.8. The Bertz CT molecular complexity index is 1400. The summed E-state index contributed by atoms with van der Waals surface area (Å²) in [6, 6.07) is 22.1. The molecule has 0 spiro atoms. The van der Waals surface area contributed by atoms with Crippen molar-refractivity contribution in [1.29, 1.82) is 0 Å². The highest BCUT2D eigenvalue weighted by Gasteiger charge is 2.30. The number of carbonyl (C=O) groups excluding carboxylic acids is 2. The van der Waals surface area contributed by atoms with Gasteiger partial charge in [-0.2, -0.15) is 0 Å². The van der Waals surface area contributed by atoms with Crippen LogP contribution < -0.4 is 5.32 Å². The predicted octanol–water partition coefficient (Wildman–Crippen LogP) is 5.81. The zero-order chi connectivity index (χ0) is 30.0. The highest BCUT2D eigenvalue weighted by atomic mass is 35.5. The molecule has 0 saturated carbocycles. The van der Waals surface area contributed by atoms with Crippen LogP contribution in [0, 0.1) is 5.92 Å². The van der Waals surface area contributed by atoms with E-state index in [2.05, 4.69) is 5.32 Å². The van der Waals surface area contributed by atoms with Crippen LogP contribution in [-0.2, 0) is 32.6 Å². The molecule has 220 valence electrons. The van der Waals surface area contributed by atoms with Crippen LogP contribution in [0.4, 0.5) is 0 Å². The minimum Gasteiger partial charge on any atom is -0.354 e. The molecule has 0 aliphatic heterocycles. The number of hydrogen-bond donors (Lipinski definition) is 1. The number of benzene rings is 3. The molecule has 0 saturated heterocycles. The van der Waals surface area contributed by atoms with Crippen molar-refractivity contribution in [1.82, 2.24) is 14.5 Å². The van der Waals surface area contributed by atoms with Crippen molar-refractivity contribution in [2.24, 2.45) is 5.92 Å². The molecule has 3 aromatic carbocycles. The fourth-order valence-electron chi connectivity index (χ4n) is 4.30. The number of carbonyl (C=O) groups is 2. The third kappa shape index (κ3) is 9.57. The van der Waals surface area contributed by atoms with Crippen molar-refractivity contribution in [3.05, 3.63) is 100 Å². The van der Waals surface area contributed by atoms with E-state index in [1.54, 1.807) is 53.4 Å². The zero-order valence-electron chi connectivity index (χ0n) is 23.6. The average Bonchev–Trinajstić information content (AvgIpc) is 2.96. The van der Waals surface area contributed by atoms with Gasteiger partial charge in [-0.05, 0) is 47.7 Å². The molecule has 41 heavy (non-hydrogen) atoms. The first-order valence-electron chi connectivity index (χ1n) is 13.6. The average molecular weight is 619 g/mol. The van der Waals surface area contributed by atoms with Crippen LogP contribution >= 0.6 is 23.2 Å². The van der Waals surface area contributed by atoms with Gasteiger partial charge in [0.1, 0.15) is 6.04 Å². The normalized spacial score (nSPS) is 12.4. The van der Waals surface area contributed by atoms with Crippen LogP contribution in [0.5, 0.6) is 0 Å². The summed E-state index contributed by atoms with van der Waals surface area (Å²) in [5.74, 6) is -0.278. The van der Waals surface area contributed by atoms with E-state index >= 15 is 0 Å². The van der Waals surface area contributed by atoms with E-state index in [1.165, 1.54) is 11.4 Å². The van der Waals surface area contributed by atoms with Crippen molar-refractivity contribution in [3.63, 3.8) is 0 Å². The van der Waals surface area contributed by atoms with Crippen LogP contribution in [0.3, 0.4) is 0 Å². The summed E-state index contributed by atoms with van der Waals surface area (Å²) in [6.45, 7) is 4.77. The molecule has 0 bridgehead atoms. The van der Waals surface area contributed by atoms with Crippen molar-refractivity contribution in [2.45, 2.75) is 50.6 Å². The van der Waals surface area contributed by atoms with Crippen molar-refractivity contribution in [3.8, 4) is 0 Å². The maximum atomic E-state index is 13.8. The number of nitrogens with one attached hydrogen (secondary N) is 1. The minimum atomic E-state index is -3.68. The van der Waals surface area contributed by atoms with Crippen molar-refractivity contribution in [2.75, 3.05) is 20.1 Å². The van der Waals surface area contributed by atoms with Crippen LogP contribution in [-0.4, -0.2) is 55.6 Å². The number of halogens is 2. The molecule has 0 fully saturated rings. The molecular formula is C31H37Cl2N3O4S. The smallest absolute Gasteiger partial charge is 0.243 e. The third-order valence-corrected chi connectivity index (χ3v) is 9.22. The van der Waals surface area contributed by atoms with E-state index in [0.29, 0.717) is 23.0 Å². The van der Waals surface area contributed by atoms with Gasteiger partial charge in [0.15, 0.2) is 0 Å². The fourth-order valence-corrected chi connectivity index (χ4v) is 5.85. The first-order valence-corrected chi connectivity index (χ1v) is 15.7. The van der Waals surface area contributed by atoms with Gasteiger partial charge in [-0.25, -0.2) is 12.7 Å². The molecule has 1 atom stereocenters. The summed E-state index contributed by atoms with van der Waals surface area (Å²) in [5.41, 5.74) is 1.64. The highest BCUT2D eigenvalue weighted by molar-refractivity contribution is 7.89. The molecule has 0 radical (unpaired) electrons. The van der Waals surface area contributed by atoms with Crippen LogP contribution in [0.15, 0.2) is 83.8 Å². The summed E-state index contributed by atoms with van der Waals surface area (Å²) < 4.78 is 27.1. The molecule has 10 heteroatoms. The first-order chi connectivity index (χ1) is 19.5. The standard InChI is InChI=1S/C31H37Cl2N3O4S/c1-23(2)21-34-31(38)29(20-24-11-6-4-7-12-24)36(22-25-16-17-27(32)28(33)19-25)30(37)15-10-18-35(3)41(39,40)26-13-8-5-9-14-26/h4-9,11-14,16-17,19,23,29H,10,15,18,20-22H2,1-3H3,(H,34,38)/t29-/m0/s1. The molecule has 0 unspecified atom stereocenters. The number of nitrogens with zero attached hydrogens (tertiary/aromatic N) is 2. The maximum Gasteiger partial charge on any atom is 0.243 e. The van der Waals surface area contributed by atoms with Crippen molar-refractivity contribution >= 4 is 45.0 Å². The molecule has 3 aromatic rings. The van der Waals surface area contributed by atoms with E-state index in [0.717, 1.165) is 11.1 Å². The van der Waals surface area contributed by atoms with Gasteiger partial charge in [-0.1, -0.05) is 91.6 Å². The SMILES string of the molecule is CC(C)CNC(=O)[C@H](Cc1ccccc1)N(Cc1ccc(Cl)c(Cl)c1)C(=O)CCCN(C)S(=O)(=O)c1ccccc1. The summed E-state index contributed by atoms with van der Waals surface area (Å²) >= 11 is 12.4. The first kappa shape index (κ1) is 32.6. The quantitative estimate of drug-likeness (QED) is 0.247. The molecule has 0 heterocycles. The Morgan fingerprint density at radius 3 is 2.12 bits per heavy atom. The summed E-state index contributed by atoms with van der Waals surface area (Å²) in [7, 11) is -2.19. The Morgan fingerprint density at radius 2 is 1.51 bits per heavy atom. The van der Waals surface area contributed by atoms with Gasteiger partial charge >= 0.3 is 0 Å². The van der Waals surface area contributed by atoms with Gasteiger partial charge in [-0.3, -0.25) is 9.59 Å². The molecule has 1 N–H and O–H groups in total. The second kappa shape index (κ2) is 15.4. The lowest BCUT2D eigenvalue weighted by Gasteiger charge is -2.32. The minimum absolute atomic E-state index is 0.0543. The van der Waals surface area contributed by atoms with E-state index in [9.17, 15) is 18.0 Å². The number of rotatable bonds is 14. The van der Waals surface area contributed by atoms with E-state index in [4.69, 9.17) is 23.2 Å². The predicted molar refractivity (Wildman–Crippen MR) is 164 cm³/mol. The fraction of sp³-hybridized carbons (Fsp3) is 0.355. The largest absolute Gasteiger partial charge is 0.354 e. The molecule has 7 nitrogen and oxygen atoms in total. The second-order valence-corrected chi connectivity index (χ2v) is 13.2. The molecule has 0 aliphatic carbocycles. The van der Waals surface area contributed by atoms with Gasteiger partial charge in [-0.15, -0.1) is 0 Å². The monoisotopic (exact) mass is 617 g/mol. The zero-order valence-corrected chi connectivity index (χ0v) is 25.9. The van der Waals surface area contributed by atoms with Gasteiger partial charge < -0.3 is 10.2 Å². The third-order valence-electron chi connectivity index (χ3n) is 6.61. The number of sulfonamides is 1. The van der Waals surface area contributed by atoms with Crippen molar-refractivity contribution < 1.29 is 18.0 Å². The topological polar surface area (TPSA) is 86.8 Å². The summed E-state index contributed by atoms with van der Waals surface area (Å²) in [4.78, 5) is 29.1. The molecular weight excluding hydrogens is 581 g/mol. The van der Waals surface area contributed by atoms with Crippen LogP contribution in [0.2, 0.25) is 10.0 Å². The molecule has 2 amide bonds. The molecule has 0 aromatic heterocycles. The van der Waals surface area contributed by atoms with Gasteiger partial charge in [0.05, 0.1) is 14.9 Å². The lowest BCUT2D eigenvalue weighted by Crippen LogP contribution is -2.51. The van der Waals surface area contributed by atoms with Gasteiger partial charge in [0, 0.05) is 39.5 Å². The van der Waals surface area contributed by atoms with E-state index in [1.807, 2.05) is 44.2 Å². The Kier molecular flexibility index (Phi) is 12.2. The van der Waals surface area contributed by atoms with Gasteiger partial charge in [0.2, 0.25) is 21.8 Å². The van der Waals surface area contributed by atoms with E-state index < -0.39 is 16.1 Å². The Balaban J connectivity index is 1.84. The van der Waals surface area contributed by atoms with Gasteiger partial charge in [0.25, 0.3) is 0 Å². The lowest BCUT2D eigenvalue weighted by molar-refractivity contribution is -0.141. The number of hydrogen-bond acceptors (Lipinski definition) is 4. The van der Waals surface area contributed by atoms with Crippen LogP contribution in [0.25, 0.3) is 0 Å². The molecule has 0 aliphatic rings. The number of amides is 2. The Labute approximate surface area is 253 Å². The molecule has 3 rings (SSSR count). The Morgan fingerprint density at radius 1 is 0.878 bits per heavy atom. The lowest BCUT2D eigenvalue weighted by atomic mass is 10.0.